The van der Waals surface area contributed by atoms with Crippen molar-refractivity contribution in [2.45, 2.75) is 18.9 Å². The summed E-state index contributed by atoms with van der Waals surface area (Å²) < 4.78 is 31.5. The summed E-state index contributed by atoms with van der Waals surface area (Å²) in [5.74, 6) is -6.76. The van der Waals surface area contributed by atoms with Gasteiger partial charge in [0, 0.05) is 0 Å². The summed E-state index contributed by atoms with van der Waals surface area (Å²) in [7, 11) is 0. The van der Waals surface area contributed by atoms with E-state index in [2.05, 4.69) is 4.74 Å². The Morgan fingerprint density at radius 3 is 2.25 bits per heavy atom. The van der Waals surface area contributed by atoms with E-state index in [0.717, 1.165) is 24.3 Å². The molecule has 0 bridgehead atoms. The largest absolute Gasteiger partial charge is 0.478 e. The van der Waals surface area contributed by atoms with E-state index in [-0.39, 0.29) is 30.1 Å². The number of hydrogen-bond acceptors (Lipinski definition) is 4. The molecule has 1 atom stereocenters. The van der Waals surface area contributed by atoms with Gasteiger partial charge in [0.2, 0.25) is 0 Å². The van der Waals surface area contributed by atoms with Crippen LogP contribution in [0.1, 0.15) is 28.9 Å². The highest BCUT2D eigenvalue weighted by Crippen LogP contribution is 2.30. The van der Waals surface area contributed by atoms with Gasteiger partial charge in [0.15, 0.2) is 0 Å². The van der Waals surface area contributed by atoms with Crippen molar-refractivity contribution in [2.24, 2.45) is 5.73 Å². The fourth-order valence-electron chi connectivity index (χ4n) is 1.40. The highest BCUT2D eigenvalue weighted by atomic mass is 35.5. The number of carboxylic acids is 1. The summed E-state index contributed by atoms with van der Waals surface area (Å²) in [6, 6.07) is 2.66. The van der Waals surface area contributed by atoms with Gasteiger partial charge >= 0.3 is 17.9 Å². The van der Waals surface area contributed by atoms with Gasteiger partial charge in [-0.25, -0.2) is 9.59 Å². The molecular weight excluding hydrogens is 296 g/mol. The fourth-order valence-corrected chi connectivity index (χ4v) is 1.40. The van der Waals surface area contributed by atoms with E-state index in [1.807, 2.05) is 0 Å². The lowest BCUT2D eigenvalue weighted by atomic mass is 10.00. The van der Waals surface area contributed by atoms with Crippen LogP contribution in [0.4, 0.5) is 8.78 Å². The molecule has 0 aliphatic carbocycles. The first-order chi connectivity index (χ1) is 8.80. The lowest BCUT2D eigenvalue weighted by Gasteiger charge is -2.21. The summed E-state index contributed by atoms with van der Waals surface area (Å²) in [5, 5.41) is 8.68. The fraction of sp³-hybridized carbons (Fsp3) is 0.333. The molecule has 0 spiro atoms. The molecule has 8 heteroatoms. The van der Waals surface area contributed by atoms with Crippen LogP contribution in [0.15, 0.2) is 24.3 Å². The van der Waals surface area contributed by atoms with Crippen molar-refractivity contribution in [1.82, 2.24) is 0 Å². The van der Waals surface area contributed by atoms with E-state index in [1.165, 1.54) is 6.92 Å². The minimum Gasteiger partial charge on any atom is -0.478 e. The number of rotatable bonds is 5. The number of benzene rings is 1. The molecule has 3 N–H and O–H groups in total. The standard InChI is InChI=1S/C12H13F2NO4.ClH/c1-2-19-11(18)12(13,14)9(15)7-3-5-8(6-4-7)10(16)17;/h3-6,9H,2,15H2,1H3,(H,16,17);1H/t9-;/m1./s1. The molecule has 0 saturated carbocycles. The Labute approximate surface area is 120 Å². The van der Waals surface area contributed by atoms with Crippen LogP contribution in [0.5, 0.6) is 0 Å². The van der Waals surface area contributed by atoms with Crippen molar-refractivity contribution in [2.75, 3.05) is 6.61 Å². The second-order valence-electron chi connectivity index (χ2n) is 3.75. The number of carbonyl (C=O) groups excluding carboxylic acids is 1. The van der Waals surface area contributed by atoms with Crippen LogP contribution in [0.2, 0.25) is 0 Å². The van der Waals surface area contributed by atoms with Gasteiger partial charge in [-0.3, -0.25) is 0 Å². The Bertz CT molecular complexity index is 479. The number of aromatic carboxylic acids is 1. The highest BCUT2D eigenvalue weighted by molar-refractivity contribution is 5.87. The van der Waals surface area contributed by atoms with Gasteiger partial charge in [0.1, 0.15) is 6.04 Å². The van der Waals surface area contributed by atoms with Crippen LogP contribution in [0.3, 0.4) is 0 Å². The zero-order valence-electron chi connectivity index (χ0n) is 10.5. The first-order valence-electron chi connectivity index (χ1n) is 5.44. The third kappa shape index (κ3) is 3.88. The molecule has 1 aromatic rings. The van der Waals surface area contributed by atoms with E-state index < -0.39 is 23.9 Å². The third-order valence-electron chi connectivity index (χ3n) is 2.45. The molecule has 112 valence electrons. The van der Waals surface area contributed by atoms with E-state index in [4.69, 9.17) is 10.8 Å². The Kier molecular flexibility index (Phi) is 6.54. The summed E-state index contributed by atoms with van der Waals surface area (Å²) in [6.07, 6.45) is 0. The summed E-state index contributed by atoms with van der Waals surface area (Å²) in [6.45, 7) is 1.22. The summed E-state index contributed by atoms with van der Waals surface area (Å²) in [5.41, 5.74) is 5.22. The minimum absolute atomic E-state index is 0. The normalized spacial score (nSPS) is 12.2. The molecule has 1 rings (SSSR count). The molecule has 0 aliphatic rings. The molecule has 5 nitrogen and oxygen atoms in total. The molecule has 0 unspecified atom stereocenters. The van der Waals surface area contributed by atoms with Gasteiger partial charge in [-0.05, 0) is 24.6 Å². The Morgan fingerprint density at radius 1 is 1.35 bits per heavy atom. The molecule has 0 aliphatic heterocycles. The lowest BCUT2D eigenvalue weighted by molar-refractivity contribution is -0.174. The monoisotopic (exact) mass is 309 g/mol. The zero-order valence-corrected chi connectivity index (χ0v) is 11.3. The van der Waals surface area contributed by atoms with Crippen molar-refractivity contribution >= 4 is 24.3 Å². The summed E-state index contributed by atoms with van der Waals surface area (Å²) >= 11 is 0. The van der Waals surface area contributed by atoms with Gasteiger partial charge in [0.05, 0.1) is 12.2 Å². The highest BCUT2D eigenvalue weighted by Gasteiger charge is 2.47. The molecule has 0 amide bonds. The molecule has 0 radical (unpaired) electrons. The van der Waals surface area contributed by atoms with Crippen LogP contribution in [-0.2, 0) is 9.53 Å². The SMILES string of the molecule is CCOC(=O)C(F)(F)[C@H](N)c1ccc(C(=O)O)cc1.Cl. The van der Waals surface area contributed by atoms with Crippen LogP contribution >= 0.6 is 12.4 Å². The molecular formula is C12H14ClF2NO4. The smallest absolute Gasteiger partial charge is 0.379 e. The minimum atomic E-state index is -3.87. The number of ether oxygens (including phenoxy) is 1. The number of esters is 1. The molecule has 1 aromatic carbocycles. The maximum absolute atomic E-state index is 13.6. The van der Waals surface area contributed by atoms with Gasteiger partial charge in [0.25, 0.3) is 0 Å². The Hall–Kier alpha value is -1.73. The maximum Gasteiger partial charge on any atom is 0.379 e. The third-order valence-corrected chi connectivity index (χ3v) is 2.45. The van der Waals surface area contributed by atoms with Crippen LogP contribution in [0.25, 0.3) is 0 Å². The maximum atomic E-state index is 13.6. The number of alkyl halides is 2. The van der Waals surface area contributed by atoms with E-state index >= 15 is 0 Å². The molecule has 0 heterocycles. The number of carbonyl (C=O) groups is 2. The zero-order chi connectivity index (χ0) is 14.6. The van der Waals surface area contributed by atoms with Gasteiger partial charge in [-0.15, -0.1) is 12.4 Å². The molecule has 0 fully saturated rings. The number of hydrogen-bond donors (Lipinski definition) is 2. The first-order valence-corrected chi connectivity index (χ1v) is 5.44. The van der Waals surface area contributed by atoms with Crippen molar-refractivity contribution in [3.05, 3.63) is 35.4 Å². The van der Waals surface area contributed by atoms with Crippen molar-refractivity contribution in [3.63, 3.8) is 0 Å². The predicted octanol–water partition coefficient (Wildman–Crippen LogP) is 2.00. The number of nitrogens with two attached hydrogens (primary N) is 1. The summed E-state index contributed by atoms with van der Waals surface area (Å²) in [4.78, 5) is 21.7. The average molecular weight is 310 g/mol. The topological polar surface area (TPSA) is 89.6 Å². The van der Waals surface area contributed by atoms with E-state index in [1.54, 1.807) is 0 Å². The molecule has 0 saturated heterocycles. The second-order valence-corrected chi connectivity index (χ2v) is 3.75. The molecule has 0 aromatic heterocycles. The van der Waals surface area contributed by atoms with Gasteiger partial charge < -0.3 is 15.6 Å². The van der Waals surface area contributed by atoms with E-state index in [9.17, 15) is 18.4 Å². The Balaban J connectivity index is 0.00000361. The van der Waals surface area contributed by atoms with E-state index in [0.29, 0.717) is 0 Å². The first kappa shape index (κ1) is 18.3. The number of carboxylic acid groups (broad SMARTS) is 1. The van der Waals surface area contributed by atoms with Crippen LogP contribution in [0, 0.1) is 0 Å². The van der Waals surface area contributed by atoms with Gasteiger partial charge in [-0.1, -0.05) is 12.1 Å². The Morgan fingerprint density at radius 2 is 1.85 bits per heavy atom. The second kappa shape index (κ2) is 7.16. The predicted molar refractivity (Wildman–Crippen MR) is 69.2 cm³/mol. The quantitative estimate of drug-likeness (QED) is 0.812. The van der Waals surface area contributed by atoms with Crippen LogP contribution in [-0.4, -0.2) is 29.6 Å². The van der Waals surface area contributed by atoms with Crippen LogP contribution < -0.4 is 5.73 Å². The number of halogens is 3. The average Bonchev–Trinajstić information content (AvgIpc) is 2.38. The van der Waals surface area contributed by atoms with Crippen molar-refractivity contribution in [1.29, 1.82) is 0 Å². The van der Waals surface area contributed by atoms with Crippen molar-refractivity contribution < 1.29 is 28.2 Å². The van der Waals surface area contributed by atoms with Crippen molar-refractivity contribution in [3.8, 4) is 0 Å². The lowest BCUT2D eigenvalue weighted by Crippen LogP contribution is -2.41. The van der Waals surface area contributed by atoms with Gasteiger partial charge in [-0.2, -0.15) is 8.78 Å². The molecule has 20 heavy (non-hydrogen) atoms.